The maximum atomic E-state index is 12.5. The van der Waals surface area contributed by atoms with Crippen LogP contribution < -0.4 is 5.32 Å². The summed E-state index contributed by atoms with van der Waals surface area (Å²) in [6, 6.07) is 8.27. The third-order valence-corrected chi connectivity index (χ3v) is 5.98. The Kier molecular flexibility index (Phi) is 3.19. The third-order valence-electron chi connectivity index (χ3n) is 3.86. The number of hydrogen-bond donors (Lipinski definition) is 1. The molecule has 0 spiro atoms. The van der Waals surface area contributed by atoms with E-state index >= 15 is 0 Å². The van der Waals surface area contributed by atoms with Crippen molar-refractivity contribution in [3.63, 3.8) is 0 Å². The van der Waals surface area contributed by atoms with Gasteiger partial charge in [0.1, 0.15) is 0 Å². The molecule has 0 aliphatic carbocycles. The summed E-state index contributed by atoms with van der Waals surface area (Å²) in [4.78, 5) is 12.0. The molecule has 1 aromatic rings. The van der Waals surface area contributed by atoms with Crippen molar-refractivity contribution in [2.24, 2.45) is 5.41 Å². The third kappa shape index (κ3) is 1.65. The summed E-state index contributed by atoms with van der Waals surface area (Å²) in [5.41, 5.74) is -0.769. The van der Waals surface area contributed by atoms with Crippen LogP contribution >= 0.6 is 0 Å². The van der Waals surface area contributed by atoms with Crippen LogP contribution in [-0.2, 0) is 14.6 Å². The van der Waals surface area contributed by atoms with Crippen molar-refractivity contribution < 1.29 is 13.2 Å². The smallest absolute Gasteiger partial charge is 0.230 e. The van der Waals surface area contributed by atoms with Crippen LogP contribution in [0.2, 0.25) is 0 Å². The molecule has 1 aromatic carbocycles. The van der Waals surface area contributed by atoms with Gasteiger partial charge < -0.3 is 5.32 Å². The second-order valence-corrected chi connectivity index (χ2v) is 6.61. The van der Waals surface area contributed by atoms with Gasteiger partial charge >= 0.3 is 0 Å². The van der Waals surface area contributed by atoms with Gasteiger partial charge in [-0.3, -0.25) is 4.79 Å². The van der Waals surface area contributed by atoms with Crippen LogP contribution in [0.1, 0.15) is 26.7 Å². The summed E-state index contributed by atoms with van der Waals surface area (Å²) in [7, 11) is -3.50. The Morgan fingerprint density at radius 3 is 2.17 bits per heavy atom. The number of rotatable bonds is 4. The topological polar surface area (TPSA) is 63.2 Å². The number of benzene rings is 1. The molecule has 1 heterocycles. The fourth-order valence-corrected chi connectivity index (χ4v) is 4.61. The summed E-state index contributed by atoms with van der Waals surface area (Å²) >= 11 is 0. The second-order valence-electron chi connectivity index (χ2n) is 4.57. The summed E-state index contributed by atoms with van der Waals surface area (Å²) in [6.07, 6.45) is 1.07. The molecule has 1 aliphatic heterocycles. The molecule has 1 aliphatic rings. The molecule has 98 valence electrons. The van der Waals surface area contributed by atoms with Gasteiger partial charge in [-0.25, -0.2) is 8.42 Å². The molecule has 0 saturated carbocycles. The van der Waals surface area contributed by atoms with E-state index in [2.05, 4.69) is 5.32 Å². The average molecular weight is 267 g/mol. The summed E-state index contributed by atoms with van der Waals surface area (Å²) in [5, 5.41) is 1.75. The van der Waals surface area contributed by atoms with E-state index in [9.17, 15) is 13.2 Å². The molecular weight excluding hydrogens is 250 g/mol. The highest BCUT2D eigenvalue weighted by molar-refractivity contribution is 7.92. The van der Waals surface area contributed by atoms with Gasteiger partial charge in [-0.05, 0) is 25.0 Å². The summed E-state index contributed by atoms with van der Waals surface area (Å²) in [6.45, 7) is 3.71. The van der Waals surface area contributed by atoms with Crippen LogP contribution in [0.5, 0.6) is 0 Å². The molecule has 0 radical (unpaired) electrons. The first-order chi connectivity index (χ1) is 8.49. The number of sulfone groups is 1. The maximum absolute atomic E-state index is 12.5. The molecule has 1 saturated heterocycles. The highest BCUT2D eigenvalue weighted by Gasteiger charge is 2.58. The lowest BCUT2D eigenvalue weighted by atomic mass is 9.75. The fraction of sp³-hybridized carbons (Fsp3) is 0.462. The van der Waals surface area contributed by atoms with Crippen LogP contribution in [0.25, 0.3) is 0 Å². The Morgan fingerprint density at radius 2 is 1.72 bits per heavy atom. The van der Waals surface area contributed by atoms with Crippen molar-refractivity contribution >= 4 is 15.7 Å². The zero-order valence-electron chi connectivity index (χ0n) is 10.5. The van der Waals surface area contributed by atoms with Gasteiger partial charge in [0, 0.05) is 0 Å². The second kappa shape index (κ2) is 4.39. The minimum Gasteiger partial charge on any atom is -0.338 e. The van der Waals surface area contributed by atoms with Crippen molar-refractivity contribution in [2.45, 2.75) is 37.0 Å². The van der Waals surface area contributed by atoms with Crippen LogP contribution in [-0.4, -0.2) is 19.7 Å². The average Bonchev–Trinajstić information content (AvgIpc) is 2.38. The Labute approximate surface area is 107 Å². The van der Waals surface area contributed by atoms with Gasteiger partial charge in [0.05, 0.1) is 10.3 Å². The molecule has 1 fully saturated rings. The van der Waals surface area contributed by atoms with Crippen molar-refractivity contribution in [2.75, 3.05) is 0 Å². The van der Waals surface area contributed by atoms with Crippen LogP contribution in [0.4, 0.5) is 0 Å². The Bertz CT molecular complexity index is 547. The summed E-state index contributed by atoms with van der Waals surface area (Å²) < 4.78 is 25.0. The van der Waals surface area contributed by atoms with E-state index in [4.69, 9.17) is 0 Å². The lowest BCUT2D eigenvalue weighted by molar-refractivity contribution is -0.142. The normalized spacial score (nSPS) is 22.1. The largest absolute Gasteiger partial charge is 0.338 e. The molecule has 1 atom stereocenters. The Morgan fingerprint density at radius 1 is 1.17 bits per heavy atom. The van der Waals surface area contributed by atoms with Crippen LogP contribution in [0.3, 0.4) is 0 Å². The predicted octanol–water partition coefficient (Wildman–Crippen LogP) is 1.72. The van der Waals surface area contributed by atoms with E-state index in [-0.39, 0.29) is 10.8 Å². The van der Waals surface area contributed by atoms with Crippen LogP contribution in [0.15, 0.2) is 35.2 Å². The number of amides is 1. The van der Waals surface area contributed by atoms with Gasteiger partial charge in [0.2, 0.25) is 5.91 Å². The molecule has 0 bridgehead atoms. The highest BCUT2D eigenvalue weighted by Crippen LogP contribution is 2.42. The molecular formula is C13H17NO3S. The first kappa shape index (κ1) is 13.1. The quantitative estimate of drug-likeness (QED) is 0.845. The zero-order valence-corrected chi connectivity index (χ0v) is 11.3. The van der Waals surface area contributed by atoms with Gasteiger partial charge in [-0.1, -0.05) is 32.0 Å². The molecule has 1 N–H and O–H groups in total. The zero-order chi connectivity index (χ0) is 13.4. The van der Waals surface area contributed by atoms with Crippen molar-refractivity contribution in [1.82, 2.24) is 5.32 Å². The minimum absolute atomic E-state index is 0.156. The SMILES string of the molecule is CCC1(CC)C(=O)NC1S(=O)(=O)c1ccccc1. The number of hydrogen-bond acceptors (Lipinski definition) is 3. The Balaban J connectivity index is 2.42. The monoisotopic (exact) mass is 267 g/mol. The molecule has 5 heteroatoms. The van der Waals surface area contributed by atoms with Gasteiger partial charge in [0.25, 0.3) is 0 Å². The molecule has 1 amide bonds. The van der Waals surface area contributed by atoms with Gasteiger partial charge in [-0.15, -0.1) is 0 Å². The molecule has 0 aromatic heterocycles. The highest BCUT2D eigenvalue weighted by atomic mass is 32.2. The first-order valence-corrected chi connectivity index (χ1v) is 7.63. The lowest BCUT2D eigenvalue weighted by Crippen LogP contribution is -2.69. The van der Waals surface area contributed by atoms with Gasteiger partial charge in [-0.2, -0.15) is 0 Å². The van der Waals surface area contributed by atoms with Gasteiger partial charge in [0.15, 0.2) is 15.2 Å². The van der Waals surface area contributed by atoms with Crippen LogP contribution in [0, 0.1) is 5.41 Å². The van der Waals surface area contributed by atoms with E-state index in [1.165, 1.54) is 0 Å². The summed E-state index contributed by atoms with van der Waals surface area (Å²) in [5.74, 6) is -0.156. The van der Waals surface area contributed by atoms with E-state index < -0.39 is 20.6 Å². The van der Waals surface area contributed by atoms with E-state index in [0.29, 0.717) is 12.8 Å². The molecule has 4 nitrogen and oxygen atoms in total. The van der Waals surface area contributed by atoms with E-state index in [1.807, 2.05) is 13.8 Å². The maximum Gasteiger partial charge on any atom is 0.230 e. The molecule has 1 unspecified atom stereocenters. The van der Waals surface area contributed by atoms with Crippen molar-refractivity contribution in [1.29, 1.82) is 0 Å². The number of nitrogens with one attached hydrogen (secondary N) is 1. The standard InChI is InChI=1S/C13H17NO3S/c1-3-13(4-2)11(15)14-12(13)18(16,17)10-8-6-5-7-9-10/h5-9,12H,3-4H2,1-2H3,(H,14,15). The number of carbonyl (C=O) groups is 1. The molecule has 2 rings (SSSR count). The first-order valence-electron chi connectivity index (χ1n) is 6.09. The number of carbonyl (C=O) groups excluding carboxylic acids is 1. The molecule has 18 heavy (non-hydrogen) atoms. The number of β-lactam (4-membered cyclic amide) rings is 1. The van der Waals surface area contributed by atoms with E-state index in [1.54, 1.807) is 30.3 Å². The Hall–Kier alpha value is -1.36. The lowest BCUT2D eigenvalue weighted by Gasteiger charge is -2.46. The minimum atomic E-state index is -3.50. The predicted molar refractivity (Wildman–Crippen MR) is 68.6 cm³/mol. The van der Waals surface area contributed by atoms with Crippen molar-refractivity contribution in [3.05, 3.63) is 30.3 Å². The van der Waals surface area contributed by atoms with E-state index in [0.717, 1.165) is 0 Å². The fourth-order valence-electron chi connectivity index (χ4n) is 2.50. The van der Waals surface area contributed by atoms with Crippen molar-refractivity contribution in [3.8, 4) is 0 Å².